The number of aromatic amines is 1. The fraction of sp³-hybridized carbons (Fsp3) is 0.455. The highest BCUT2D eigenvalue weighted by molar-refractivity contribution is 7.17. The zero-order valence-corrected chi connectivity index (χ0v) is 21.8. The second-order valence-electron chi connectivity index (χ2n) is 7.98. The van der Waals surface area contributed by atoms with Crippen molar-refractivity contribution in [2.45, 2.75) is 32.4 Å². The first kappa shape index (κ1) is 25.5. The number of esters is 1. The summed E-state index contributed by atoms with van der Waals surface area (Å²) in [6.45, 7) is 5.26. The van der Waals surface area contributed by atoms with Gasteiger partial charge in [-0.15, -0.1) is 0 Å². The summed E-state index contributed by atoms with van der Waals surface area (Å²) in [7, 11) is 1.60. The van der Waals surface area contributed by atoms with E-state index >= 15 is 0 Å². The number of hydrogen-bond donors (Lipinski definition) is 3. The zero-order chi connectivity index (χ0) is 25.1. The van der Waals surface area contributed by atoms with Crippen LogP contribution in [0.3, 0.4) is 0 Å². The first-order valence-corrected chi connectivity index (χ1v) is 12.7. The van der Waals surface area contributed by atoms with Gasteiger partial charge in [0.25, 0.3) is 5.91 Å². The molecule has 2 atom stereocenters. The number of piperidine rings is 1. The zero-order valence-electron chi connectivity index (χ0n) is 19.5. The Morgan fingerprint density at radius 3 is 2.77 bits per heavy atom. The maximum absolute atomic E-state index is 12.8. The molecule has 4 heterocycles. The second kappa shape index (κ2) is 11.0. The van der Waals surface area contributed by atoms with E-state index in [2.05, 4.69) is 20.6 Å². The lowest BCUT2D eigenvalue weighted by Gasteiger charge is -2.37. The minimum Gasteiger partial charge on any atom is -0.462 e. The Hall–Kier alpha value is -2.60. The van der Waals surface area contributed by atoms with Crippen molar-refractivity contribution in [1.82, 2.24) is 20.6 Å². The molecule has 0 unspecified atom stereocenters. The molecule has 13 heteroatoms. The van der Waals surface area contributed by atoms with Crippen molar-refractivity contribution in [2.24, 2.45) is 4.99 Å². The Bertz CT molecular complexity index is 1180. The van der Waals surface area contributed by atoms with Crippen molar-refractivity contribution >= 4 is 57.3 Å². The molecule has 35 heavy (non-hydrogen) atoms. The van der Waals surface area contributed by atoms with Crippen LogP contribution in [0.1, 0.15) is 44.9 Å². The Morgan fingerprint density at radius 2 is 2.14 bits per heavy atom. The van der Waals surface area contributed by atoms with Crippen LogP contribution >= 0.6 is 34.5 Å². The average Bonchev–Trinajstić information content (AvgIpc) is 3.42. The number of anilines is 1. The predicted molar refractivity (Wildman–Crippen MR) is 136 cm³/mol. The van der Waals surface area contributed by atoms with Gasteiger partial charge in [0, 0.05) is 32.1 Å². The minimum atomic E-state index is -0.428. The van der Waals surface area contributed by atoms with Crippen molar-refractivity contribution < 1.29 is 19.1 Å². The van der Waals surface area contributed by atoms with E-state index in [1.807, 2.05) is 4.90 Å². The molecule has 1 saturated heterocycles. The van der Waals surface area contributed by atoms with Gasteiger partial charge in [-0.1, -0.05) is 34.5 Å². The molecule has 4 rings (SSSR count). The van der Waals surface area contributed by atoms with E-state index in [0.29, 0.717) is 58.3 Å². The van der Waals surface area contributed by atoms with Crippen molar-refractivity contribution in [3.8, 4) is 0 Å². The Balaban J connectivity index is 1.52. The Labute approximate surface area is 216 Å². The number of nitrogens with one attached hydrogen (secondary N) is 3. The fourth-order valence-electron chi connectivity index (χ4n) is 3.94. The first-order valence-electron chi connectivity index (χ1n) is 11.1. The summed E-state index contributed by atoms with van der Waals surface area (Å²) in [5, 5.41) is 7.19. The number of H-pyrrole nitrogens is 1. The maximum atomic E-state index is 12.8. The van der Waals surface area contributed by atoms with Crippen LogP contribution in [-0.4, -0.2) is 73.2 Å². The number of amides is 1. The van der Waals surface area contributed by atoms with E-state index < -0.39 is 5.97 Å². The van der Waals surface area contributed by atoms with Crippen LogP contribution in [0.15, 0.2) is 17.3 Å². The fourth-order valence-corrected chi connectivity index (χ4v) is 5.36. The van der Waals surface area contributed by atoms with Gasteiger partial charge < -0.3 is 30.0 Å². The predicted octanol–water partition coefficient (Wildman–Crippen LogP) is 3.15. The third kappa shape index (κ3) is 5.32. The maximum Gasteiger partial charge on any atom is 0.350 e. The third-order valence-corrected chi connectivity index (χ3v) is 7.79. The van der Waals surface area contributed by atoms with E-state index in [-0.39, 0.29) is 35.4 Å². The number of thiazole rings is 1. The van der Waals surface area contributed by atoms with Crippen LogP contribution in [-0.2, 0) is 9.47 Å². The minimum absolute atomic E-state index is 0.199. The molecule has 2 aliphatic rings. The summed E-state index contributed by atoms with van der Waals surface area (Å²) in [6, 6.07) is -0.247. The molecular formula is C22H26Cl2N6O4S. The van der Waals surface area contributed by atoms with Crippen LogP contribution < -0.4 is 15.5 Å². The van der Waals surface area contributed by atoms with Crippen LogP contribution in [0.25, 0.3) is 0 Å². The lowest BCUT2D eigenvalue weighted by molar-refractivity contribution is 0.0530. The largest absolute Gasteiger partial charge is 0.462 e. The second-order valence-corrected chi connectivity index (χ2v) is 9.71. The van der Waals surface area contributed by atoms with Gasteiger partial charge in [0.05, 0.1) is 34.5 Å². The topological polar surface area (TPSA) is 121 Å². The SMILES string of the molecule is CCOC(=O)c1sc(N2CC[C@@H](NC(=O)c3[nH]c(C)c(Cl)c3Cl)[C@@H](OC)C2)nc1C1=NCNC=C1. The van der Waals surface area contributed by atoms with Crippen LogP contribution in [0.5, 0.6) is 0 Å². The summed E-state index contributed by atoms with van der Waals surface area (Å²) in [5.41, 5.74) is 1.98. The molecule has 0 aromatic carbocycles. The highest BCUT2D eigenvalue weighted by Crippen LogP contribution is 2.32. The number of carbonyl (C=O) groups excluding carboxylic acids is 2. The van der Waals surface area contributed by atoms with E-state index in [9.17, 15) is 9.59 Å². The molecule has 188 valence electrons. The van der Waals surface area contributed by atoms with Gasteiger partial charge >= 0.3 is 5.97 Å². The number of rotatable bonds is 7. The van der Waals surface area contributed by atoms with Gasteiger partial charge in [0.1, 0.15) is 22.9 Å². The standard InChI is InChI=1S/C22H26Cl2N6O4S/c1-4-34-21(32)19-17(13-5-7-25-10-26-13)29-22(35-19)30-8-6-12(14(9-30)33-3)28-20(31)18-16(24)15(23)11(2)27-18/h5,7,12,14,25,27H,4,6,8-10H2,1-3H3,(H,28,31)/t12-,14+/m1/s1. The van der Waals surface area contributed by atoms with E-state index in [0.717, 1.165) is 0 Å². The van der Waals surface area contributed by atoms with Crippen molar-refractivity contribution in [2.75, 3.05) is 38.4 Å². The Morgan fingerprint density at radius 1 is 1.34 bits per heavy atom. The van der Waals surface area contributed by atoms with Crippen LogP contribution in [0.2, 0.25) is 10.0 Å². The van der Waals surface area contributed by atoms with Gasteiger partial charge in [0.2, 0.25) is 0 Å². The summed E-state index contributed by atoms with van der Waals surface area (Å²) >= 11 is 13.6. The number of carbonyl (C=O) groups is 2. The monoisotopic (exact) mass is 540 g/mol. The van der Waals surface area contributed by atoms with Crippen molar-refractivity contribution in [1.29, 1.82) is 0 Å². The van der Waals surface area contributed by atoms with E-state index in [4.69, 9.17) is 37.7 Å². The number of halogens is 2. The molecule has 10 nitrogen and oxygen atoms in total. The number of methoxy groups -OCH3 is 1. The molecule has 0 spiro atoms. The van der Waals surface area contributed by atoms with Crippen molar-refractivity contribution in [3.63, 3.8) is 0 Å². The number of hydrogen-bond acceptors (Lipinski definition) is 9. The number of aryl methyl sites for hydroxylation is 1. The summed E-state index contributed by atoms with van der Waals surface area (Å²) in [4.78, 5) is 40.0. The molecule has 0 aliphatic carbocycles. The van der Waals surface area contributed by atoms with E-state index in [1.54, 1.807) is 33.2 Å². The van der Waals surface area contributed by atoms with Gasteiger partial charge in [-0.2, -0.15) is 0 Å². The third-order valence-electron chi connectivity index (χ3n) is 5.75. The average molecular weight is 541 g/mol. The number of nitrogens with zero attached hydrogens (tertiary/aromatic N) is 3. The number of allylic oxidation sites excluding steroid dienone is 1. The first-order chi connectivity index (χ1) is 16.8. The van der Waals surface area contributed by atoms with Gasteiger partial charge in [-0.05, 0) is 26.3 Å². The summed E-state index contributed by atoms with van der Waals surface area (Å²) in [5.74, 6) is -0.773. The molecule has 0 radical (unpaired) electrons. The number of aromatic nitrogens is 2. The molecule has 3 N–H and O–H groups in total. The van der Waals surface area contributed by atoms with Gasteiger partial charge in [-0.3, -0.25) is 9.79 Å². The molecule has 2 aromatic rings. The van der Waals surface area contributed by atoms with E-state index in [1.165, 1.54) is 11.3 Å². The molecule has 1 fully saturated rings. The highest BCUT2D eigenvalue weighted by atomic mass is 35.5. The van der Waals surface area contributed by atoms with Crippen LogP contribution in [0.4, 0.5) is 5.13 Å². The molecular weight excluding hydrogens is 515 g/mol. The highest BCUT2D eigenvalue weighted by Gasteiger charge is 2.34. The Kier molecular flexibility index (Phi) is 8.00. The summed E-state index contributed by atoms with van der Waals surface area (Å²) in [6.07, 6.45) is 3.84. The van der Waals surface area contributed by atoms with Crippen LogP contribution in [0, 0.1) is 6.92 Å². The number of aliphatic imine (C=N–C) groups is 1. The molecule has 1 amide bonds. The van der Waals surface area contributed by atoms with Gasteiger partial charge in [-0.25, -0.2) is 9.78 Å². The molecule has 2 aromatic heterocycles. The quantitative estimate of drug-likeness (QED) is 0.461. The summed E-state index contributed by atoms with van der Waals surface area (Å²) < 4.78 is 11.0. The van der Waals surface area contributed by atoms with Gasteiger partial charge in [0.15, 0.2) is 5.13 Å². The lowest BCUT2D eigenvalue weighted by atomic mass is 10.0. The number of ether oxygens (including phenoxy) is 2. The molecule has 0 bridgehead atoms. The normalized spacial score (nSPS) is 19.8. The molecule has 0 saturated carbocycles. The lowest BCUT2D eigenvalue weighted by Crippen LogP contribution is -2.55. The molecule has 2 aliphatic heterocycles. The van der Waals surface area contributed by atoms with Crippen molar-refractivity contribution in [3.05, 3.63) is 44.3 Å². The smallest absolute Gasteiger partial charge is 0.350 e.